The van der Waals surface area contributed by atoms with E-state index in [1.165, 1.54) is 0 Å². The number of benzene rings is 1. The van der Waals surface area contributed by atoms with Crippen molar-refractivity contribution in [2.75, 3.05) is 18.0 Å². The van der Waals surface area contributed by atoms with Crippen LogP contribution >= 0.6 is 11.3 Å². The number of anilines is 1. The Morgan fingerprint density at radius 2 is 1.95 bits per heavy atom. The van der Waals surface area contributed by atoms with E-state index in [1.807, 2.05) is 18.2 Å². The van der Waals surface area contributed by atoms with Crippen LogP contribution in [0.4, 0.5) is 5.13 Å². The first-order valence-electron chi connectivity index (χ1n) is 6.73. The predicted octanol–water partition coefficient (Wildman–Crippen LogP) is 3.11. The first-order chi connectivity index (χ1) is 9.74. The van der Waals surface area contributed by atoms with Crippen LogP contribution in [0.25, 0.3) is 11.3 Å². The van der Waals surface area contributed by atoms with Crippen molar-refractivity contribution in [2.45, 2.75) is 12.8 Å². The van der Waals surface area contributed by atoms with Gasteiger partial charge in [0.05, 0.1) is 11.6 Å². The van der Waals surface area contributed by atoms with Gasteiger partial charge in [-0.2, -0.15) is 0 Å². The summed E-state index contributed by atoms with van der Waals surface area (Å²) in [6.45, 7) is 1.55. The fourth-order valence-corrected chi connectivity index (χ4v) is 3.36. The van der Waals surface area contributed by atoms with E-state index >= 15 is 0 Å². The number of carboxylic acids is 1. The minimum atomic E-state index is -0.672. The average molecular weight is 288 g/mol. The summed E-state index contributed by atoms with van der Waals surface area (Å²) in [4.78, 5) is 17.8. The summed E-state index contributed by atoms with van der Waals surface area (Å²) in [6.07, 6.45) is 1.41. The van der Waals surface area contributed by atoms with Crippen LogP contribution in [0.15, 0.2) is 35.7 Å². The molecular formula is C15H16N2O2S. The lowest BCUT2D eigenvalue weighted by Gasteiger charge is -2.29. The van der Waals surface area contributed by atoms with Crippen LogP contribution in [0, 0.1) is 5.92 Å². The molecule has 0 radical (unpaired) electrons. The second-order valence-electron chi connectivity index (χ2n) is 4.98. The number of carboxylic acid groups (broad SMARTS) is 1. The number of aromatic nitrogens is 1. The molecule has 2 aromatic rings. The SMILES string of the molecule is O=C(O)C1CCN(c2nc(-c3ccccc3)cs2)CC1. The van der Waals surface area contributed by atoms with E-state index in [1.54, 1.807) is 11.3 Å². The van der Waals surface area contributed by atoms with E-state index in [9.17, 15) is 4.79 Å². The van der Waals surface area contributed by atoms with Gasteiger partial charge < -0.3 is 10.0 Å². The highest BCUT2D eigenvalue weighted by Gasteiger charge is 2.25. The van der Waals surface area contributed by atoms with E-state index in [0.29, 0.717) is 12.8 Å². The van der Waals surface area contributed by atoms with Crippen LogP contribution in [-0.4, -0.2) is 29.1 Å². The number of rotatable bonds is 3. The highest BCUT2D eigenvalue weighted by Crippen LogP contribution is 2.30. The van der Waals surface area contributed by atoms with Crippen molar-refractivity contribution >= 4 is 22.4 Å². The zero-order valence-electron chi connectivity index (χ0n) is 11.0. The summed E-state index contributed by atoms with van der Waals surface area (Å²) in [7, 11) is 0. The third-order valence-electron chi connectivity index (χ3n) is 3.68. The van der Waals surface area contributed by atoms with Gasteiger partial charge in [-0.05, 0) is 12.8 Å². The van der Waals surface area contributed by atoms with Crippen LogP contribution in [0.3, 0.4) is 0 Å². The molecule has 104 valence electrons. The van der Waals surface area contributed by atoms with Crippen molar-refractivity contribution in [1.29, 1.82) is 0 Å². The first-order valence-corrected chi connectivity index (χ1v) is 7.61. The number of hydrogen-bond acceptors (Lipinski definition) is 4. The van der Waals surface area contributed by atoms with Crippen LogP contribution in [0.1, 0.15) is 12.8 Å². The van der Waals surface area contributed by atoms with Gasteiger partial charge in [0.2, 0.25) is 0 Å². The van der Waals surface area contributed by atoms with Crippen LogP contribution < -0.4 is 4.90 Å². The normalized spacial score (nSPS) is 16.3. The summed E-state index contributed by atoms with van der Waals surface area (Å²) in [5.74, 6) is -0.867. The van der Waals surface area contributed by atoms with E-state index in [2.05, 4.69) is 27.4 Å². The van der Waals surface area contributed by atoms with Crippen molar-refractivity contribution in [3.05, 3.63) is 35.7 Å². The van der Waals surface area contributed by atoms with E-state index in [4.69, 9.17) is 5.11 Å². The molecule has 0 bridgehead atoms. The summed E-state index contributed by atoms with van der Waals surface area (Å²) in [5.41, 5.74) is 2.11. The van der Waals surface area contributed by atoms with Crippen molar-refractivity contribution in [3.63, 3.8) is 0 Å². The fourth-order valence-electron chi connectivity index (χ4n) is 2.47. The van der Waals surface area contributed by atoms with Crippen molar-refractivity contribution < 1.29 is 9.90 Å². The summed E-state index contributed by atoms with van der Waals surface area (Å²) >= 11 is 1.63. The quantitative estimate of drug-likeness (QED) is 0.943. The zero-order chi connectivity index (χ0) is 13.9. The third kappa shape index (κ3) is 2.67. The Labute approximate surface area is 121 Å². The van der Waals surface area contributed by atoms with E-state index in [-0.39, 0.29) is 5.92 Å². The maximum absolute atomic E-state index is 11.0. The summed E-state index contributed by atoms with van der Waals surface area (Å²) < 4.78 is 0. The second-order valence-corrected chi connectivity index (χ2v) is 5.82. The van der Waals surface area contributed by atoms with E-state index in [0.717, 1.165) is 29.5 Å². The number of carbonyl (C=O) groups is 1. The molecule has 1 aromatic carbocycles. The molecule has 3 rings (SSSR count). The maximum atomic E-state index is 11.0. The molecule has 20 heavy (non-hydrogen) atoms. The van der Waals surface area contributed by atoms with Crippen molar-refractivity contribution in [1.82, 2.24) is 4.98 Å². The highest BCUT2D eigenvalue weighted by atomic mass is 32.1. The minimum Gasteiger partial charge on any atom is -0.481 e. The van der Waals surface area contributed by atoms with Gasteiger partial charge in [0.25, 0.3) is 0 Å². The number of hydrogen-bond donors (Lipinski definition) is 1. The Balaban J connectivity index is 1.71. The topological polar surface area (TPSA) is 53.4 Å². The molecule has 0 unspecified atom stereocenters. The van der Waals surface area contributed by atoms with Gasteiger partial charge in [-0.25, -0.2) is 4.98 Å². The van der Waals surface area contributed by atoms with Crippen LogP contribution in [0.5, 0.6) is 0 Å². The first kappa shape index (κ1) is 13.1. The Bertz CT molecular complexity index is 589. The van der Waals surface area contributed by atoms with Gasteiger partial charge in [0.15, 0.2) is 5.13 Å². The average Bonchev–Trinajstić information content (AvgIpc) is 2.98. The molecule has 0 atom stereocenters. The monoisotopic (exact) mass is 288 g/mol. The molecule has 0 saturated carbocycles. The second kappa shape index (κ2) is 5.63. The van der Waals surface area contributed by atoms with Crippen LogP contribution in [0.2, 0.25) is 0 Å². The molecule has 1 N–H and O–H groups in total. The third-order valence-corrected chi connectivity index (χ3v) is 4.58. The molecular weight excluding hydrogens is 272 g/mol. The summed E-state index contributed by atoms with van der Waals surface area (Å²) in [6, 6.07) is 10.1. The molecule has 0 amide bonds. The molecule has 1 aliphatic heterocycles. The molecule has 0 spiro atoms. The van der Waals surface area contributed by atoms with Gasteiger partial charge in [0, 0.05) is 24.0 Å². The van der Waals surface area contributed by atoms with Crippen LogP contribution in [-0.2, 0) is 4.79 Å². The standard InChI is InChI=1S/C15H16N2O2S/c18-14(19)12-6-8-17(9-7-12)15-16-13(10-20-15)11-4-2-1-3-5-11/h1-5,10,12H,6-9H2,(H,18,19). The maximum Gasteiger partial charge on any atom is 0.306 e. The van der Waals surface area contributed by atoms with Gasteiger partial charge >= 0.3 is 5.97 Å². The minimum absolute atomic E-state index is 0.195. The molecule has 2 heterocycles. The van der Waals surface area contributed by atoms with Gasteiger partial charge in [-0.15, -0.1) is 11.3 Å². The fraction of sp³-hybridized carbons (Fsp3) is 0.333. The highest BCUT2D eigenvalue weighted by molar-refractivity contribution is 7.14. The lowest BCUT2D eigenvalue weighted by Crippen LogP contribution is -2.36. The zero-order valence-corrected chi connectivity index (χ0v) is 11.8. The predicted molar refractivity (Wildman–Crippen MR) is 80.1 cm³/mol. The molecule has 1 saturated heterocycles. The van der Waals surface area contributed by atoms with Crippen molar-refractivity contribution in [3.8, 4) is 11.3 Å². The van der Waals surface area contributed by atoms with E-state index < -0.39 is 5.97 Å². The number of thiazole rings is 1. The summed E-state index contributed by atoms with van der Waals surface area (Å²) in [5, 5.41) is 12.1. The molecule has 4 nitrogen and oxygen atoms in total. The Kier molecular flexibility index (Phi) is 3.69. The Morgan fingerprint density at radius 3 is 2.60 bits per heavy atom. The smallest absolute Gasteiger partial charge is 0.306 e. The Hall–Kier alpha value is -1.88. The Morgan fingerprint density at radius 1 is 1.25 bits per heavy atom. The molecule has 5 heteroatoms. The number of piperidine rings is 1. The van der Waals surface area contributed by atoms with Gasteiger partial charge in [0.1, 0.15) is 0 Å². The molecule has 0 aliphatic carbocycles. The van der Waals surface area contributed by atoms with Gasteiger partial charge in [-0.1, -0.05) is 30.3 Å². The largest absolute Gasteiger partial charge is 0.481 e. The lowest BCUT2D eigenvalue weighted by atomic mass is 9.98. The number of nitrogens with zero attached hydrogens (tertiary/aromatic N) is 2. The van der Waals surface area contributed by atoms with Crippen molar-refractivity contribution in [2.24, 2.45) is 5.92 Å². The molecule has 1 aromatic heterocycles. The van der Waals surface area contributed by atoms with Gasteiger partial charge in [-0.3, -0.25) is 4.79 Å². The molecule has 1 aliphatic rings. The lowest BCUT2D eigenvalue weighted by molar-refractivity contribution is -0.142. The molecule has 1 fully saturated rings. The number of aliphatic carboxylic acids is 1.